The summed E-state index contributed by atoms with van der Waals surface area (Å²) in [6.45, 7) is -2.38. The number of ether oxygens (including phenoxy) is 1. The van der Waals surface area contributed by atoms with Gasteiger partial charge in [-0.05, 0) is 18.2 Å². The van der Waals surface area contributed by atoms with Crippen LogP contribution in [0, 0.1) is 0 Å². The van der Waals surface area contributed by atoms with Crippen LogP contribution in [0.15, 0.2) is 23.2 Å². The Morgan fingerprint density at radius 3 is 2.74 bits per heavy atom. The van der Waals surface area contributed by atoms with Crippen LogP contribution in [0.25, 0.3) is 0 Å². The first-order chi connectivity index (χ1) is 12.4. The van der Waals surface area contributed by atoms with Gasteiger partial charge in [0.2, 0.25) is 5.91 Å². The van der Waals surface area contributed by atoms with Gasteiger partial charge < -0.3 is 20.7 Å². The van der Waals surface area contributed by atoms with E-state index in [2.05, 4.69) is 25.7 Å². The minimum atomic E-state index is -2.95. The van der Waals surface area contributed by atoms with Gasteiger partial charge in [-0.15, -0.1) is 24.0 Å². The molecule has 1 aliphatic rings. The van der Waals surface area contributed by atoms with Crippen LogP contribution in [-0.2, 0) is 11.3 Å². The van der Waals surface area contributed by atoms with Gasteiger partial charge in [0.05, 0.1) is 6.54 Å². The molecule has 150 valence electrons. The van der Waals surface area contributed by atoms with Gasteiger partial charge in [-0.2, -0.15) is 8.78 Å². The van der Waals surface area contributed by atoms with Crippen molar-refractivity contribution in [3.8, 4) is 5.75 Å². The number of benzene rings is 1. The molecule has 12 heteroatoms. The third kappa shape index (κ3) is 6.97. The fourth-order valence-electron chi connectivity index (χ4n) is 2.26. The number of halogens is 4. The molecule has 0 radical (unpaired) electrons. The summed E-state index contributed by atoms with van der Waals surface area (Å²) in [5.74, 6) is 0.0687. The van der Waals surface area contributed by atoms with E-state index in [1.807, 2.05) is 0 Å². The van der Waals surface area contributed by atoms with Crippen LogP contribution in [0.2, 0.25) is 5.02 Å². The molecule has 0 bridgehead atoms. The predicted molar refractivity (Wildman–Crippen MR) is 107 cm³/mol. The number of urea groups is 1. The molecule has 0 spiro atoms. The molecule has 0 unspecified atom stereocenters. The summed E-state index contributed by atoms with van der Waals surface area (Å²) in [4.78, 5) is 28.0. The molecule has 3 amide bonds. The van der Waals surface area contributed by atoms with Crippen molar-refractivity contribution in [2.45, 2.75) is 13.2 Å². The number of nitrogens with one attached hydrogen (secondary N) is 3. The molecular weight excluding hydrogens is 499 g/mol. The fourth-order valence-corrected chi connectivity index (χ4v) is 2.46. The average Bonchev–Trinajstić information content (AvgIpc) is 2.91. The average molecular weight is 518 g/mol. The number of aliphatic imine (C=N–C) groups is 1. The summed E-state index contributed by atoms with van der Waals surface area (Å²) in [6.07, 6.45) is 0. The van der Waals surface area contributed by atoms with E-state index in [1.165, 1.54) is 25.2 Å². The largest absolute Gasteiger partial charge is 0.434 e. The third-order valence-corrected chi connectivity index (χ3v) is 3.71. The van der Waals surface area contributed by atoms with Crippen molar-refractivity contribution in [1.82, 2.24) is 20.9 Å². The van der Waals surface area contributed by atoms with Crippen LogP contribution in [0.4, 0.5) is 13.6 Å². The molecule has 1 heterocycles. The van der Waals surface area contributed by atoms with Crippen molar-refractivity contribution in [1.29, 1.82) is 0 Å². The summed E-state index contributed by atoms with van der Waals surface area (Å²) in [6, 6.07) is 3.88. The lowest BCUT2D eigenvalue weighted by atomic mass is 10.2. The van der Waals surface area contributed by atoms with Crippen molar-refractivity contribution < 1.29 is 23.1 Å². The van der Waals surface area contributed by atoms with Crippen LogP contribution < -0.4 is 20.7 Å². The van der Waals surface area contributed by atoms with Crippen molar-refractivity contribution in [3.05, 3.63) is 28.8 Å². The van der Waals surface area contributed by atoms with E-state index in [1.54, 1.807) is 0 Å². The highest BCUT2D eigenvalue weighted by molar-refractivity contribution is 14.0. The second-order valence-corrected chi connectivity index (χ2v) is 5.62. The van der Waals surface area contributed by atoms with Gasteiger partial charge in [0.1, 0.15) is 5.75 Å². The molecule has 2 rings (SSSR count). The fraction of sp³-hybridized carbons (Fsp3) is 0.400. The lowest BCUT2D eigenvalue weighted by Gasteiger charge is -2.16. The molecule has 27 heavy (non-hydrogen) atoms. The molecule has 0 atom stereocenters. The highest BCUT2D eigenvalue weighted by Gasteiger charge is 2.27. The van der Waals surface area contributed by atoms with Crippen molar-refractivity contribution in [2.75, 3.05) is 26.7 Å². The summed E-state index contributed by atoms with van der Waals surface area (Å²) in [7, 11) is 1.53. The van der Waals surface area contributed by atoms with Gasteiger partial charge in [-0.25, -0.2) is 4.79 Å². The smallest absolute Gasteiger partial charge is 0.387 e. The molecule has 1 aromatic rings. The lowest BCUT2D eigenvalue weighted by molar-refractivity contribution is -0.124. The number of rotatable bonds is 7. The molecule has 3 N–H and O–H groups in total. The highest BCUT2D eigenvalue weighted by Crippen LogP contribution is 2.24. The second-order valence-electron chi connectivity index (χ2n) is 5.19. The van der Waals surface area contributed by atoms with E-state index >= 15 is 0 Å². The Bertz CT molecular complexity index is 692. The molecule has 1 saturated heterocycles. The van der Waals surface area contributed by atoms with E-state index in [-0.39, 0.29) is 61.8 Å². The summed E-state index contributed by atoms with van der Waals surface area (Å²) < 4.78 is 29.4. The Labute approximate surface area is 176 Å². The zero-order valence-electron chi connectivity index (χ0n) is 14.3. The first-order valence-electron chi connectivity index (χ1n) is 7.66. The Kier molecular flexibility index (Phi) is 9.49. The topological polar surface area (TPSA) is 95.1 Å². The maximum absolute atomic E-state index is 12.5. The number of carbonyl (C=O) groups excluding carboxylic acids is 2. The Balaban J connectivity index is 0.00000364. The van der Waals surface area contributed by atoms with Crippen LogP contribution >= 0.6 is 35.6 Å². The number of nitrogens with zero attached hydrogens (tertiary/aromatic N) is 2. The van der Waals surface area contributed by atoms with Crippen LogP contribution in [0.1, 0.15) is 5.56 Å². The van der Waals surface area contributed by atoms with E-state index in [9.17, 15) is 18.4 Å². The zero-order chi connectivity index (χ0) is 19.1. The van der Waals surface area contributed by atoms with Crippen LogP contribution in [-0.4, -0.2) is 56.1 Å². The molecule has 0 aliphatic carbocycles. The van der Waals surface area contributed by atoms with Gasteiger partial charge in [0, 0.05) is 37.3 Å². The van der Waals surface area contributed by atoms with E-state index in [0.29, 0.717) is 16.5 Å². The number of imide groups is 1. The molecule has 0 saturated carbocycles. The molecule has 1 aliphatic heterocycles. The number of amides is 3. The number of hydrogen-bond acceptors (Lipinski definition) is 4. The summed E-state index contributed by atoms with van der Waals surface area (Å²) in [5, 5.41) is 8.65. The Morgan fingerprint density at radius 1 is 1.41 bits per heavy atom. The second kappa shape index (κ2) is 11.1. The first kappa shape index (κ1) is 23.1. The monoisotopic (exact) mass is 517 g/mol. The number of guanidine groups is 1. The van der Waals surface area contributed by atoms with Crippen molar-refractivity contribution in [2.24, 2.45) is 4.99 Å². The van der Waals surface area contributed by atoms with E-state index in [4.69, 9.17) is 11.6 Å². The maximum atomic E-state index is 12.5. The SMILES string of the molecule is CN=C(NCCN1C(=O)CNC1=O)NCc1cc(Cl)ccc1OC(F)F.I. The van der Waals surface area contributed by atoms with Gasteiger partial charge in [-0.1, -0.05) is 11.6 Å². The Morgan fingerprint density at radius 2 is 2.15 bits per heavy atom. The van der Waals surface area contributed by atoms with Gasteiger partial charge in [-0.3, -0.25) is 14.7 Å². The van der Waals surface area contributed by atoms with Gasteiger partial charge >= 0.3 is 12.6 Å². The van der Waals surface area contributed by atoms with Gasteiger partial charge in [0.15, 0.2) is 5.96 Å². The molecule has 8 nitrogen and oxygen atoms in total. The minimum Gasteiger partial charge on any atom is -0.434 e. The van der Waals surface area contributed by atoms with Crippen molar-refractivity contribution >= 4 is 53.5 Å². The molecule has 1 fully saturated rings. The molecule has 0 aromatic heterocycles. The maximum Gasteiger partial charge on any atom is 0.387 e. The standard InChI is InChI=1S/C15H18ClF2N5O3.HI/c1-19-14(20-4-5-23-12(24)8-22-15(23)25)21-7-9-6-10(16)2-3-11(9)26-13(17)18;/h2-3,6,13H,4-5,7-8H2,1H3,(H,22,25)(H2,19,20,21);1H. The quantitative estimate of drug-likeness (QED) is 0.222. The molecule has 1 aromatic carbocycles. The predicted octanol–water partition coefficient (Wildman–Crippen LogP) is 1.78. The number of carbonyl (C=O) groups is 2. The zero-order valence-corrected chi connectivity index (χ0v) is 17.4. The normalized spacial score (nSPS) is 14.1. The number of alkyl halides is 2. The van der Waals surface area contributed by atoms with Crippen LogP contribution in [0.3, 0.4) is 0 Å². The first-order valence-corrected chi connectivity index (χ1v) is 8.04. The number of hydrogen-bond donors (Lipinski definition) is 3. The molecular formula is C15H19ClF2IN5O3. The lowest BCUT2D eigenvalue weighted by Crippen LogP contribution is -2.43. The minimum absolute atomic E-state index is 0. The van der Waals surface area contributed by atoms with E-state index < -0.39 is 12.6 Å². The Hall–Kier alpha value is -1.89. The summed E-state index contributed by atoms with van der Waals surface area (Å²) >= 11 is 5.89. The highest BCUT2D eigenvalue weighted by atomic mass is 127. The van der Waals surface area contributed by atoms with Crippen LogP contribution in [0.5, 0.6) is 5.75 Å². The van der Waals surface area contributed by atoms with Gasteiger partial charge in [0.25, 0.3) is 0 Å². The van der Waals surface area contributed by atoms with Crippen molar-refractivity contribution in [3.63, 3.8) is 0 Å². The van der Waals surface area contributed by atoms with E-state index in [0.717, 1.165) is 4.90 Å². The third-order valence-electron chi connectivity index (χ3n) is 3.47. The summed E-state index contributed by atoms with van der Waals surface area (Å²) in [5.41, 5.74) is 0.426.